The number of aryl methyl sites for hydroxylation is 1. The first kappa shape index (κ1) is 23.7. The molecule has 2 aromatic rings. The number of halogens is 3. The van der Waals surface area contributed by atoms with Crippen molar-refractivity contribution in [3.05, 3.63) is 53.5 Å². The average molecular weight is 634 g/mol. The lowest BCUT2D eigenvalue weighted by molar-refractivity contribution is -0.112. The Bertz CT molecular complexity index is 977. The first-order chi connectivity index (χ1) is 13.8. The Hall–Kier alpha value is -1.57. The van der Waals surface area contributed by atoms with Gasteiger partial charge in [-0.15, -0.1) is 0 Å². The molecule has 1 N–H and O–H groups in total. The predicted molar refractivity (Wildman–Crippen MR) is 130 cm³/mol. The number of rotatable bonds is 7. The second kappa shape index (κ2) is 11.0. The summed E-state index contributed by atoms with van der Waals surface area (Å²) in [5.74, 6) is 0.733. The number of anilines is 1. The summed E-state index contributed by atoms with van der Waals surface area (Å²) in [5.41, 5.74) is 2.25. The maximum atomic E-state index is 12.7. The fraction of sp³-hybridized carbons (Fsp3) is 0.238. The molecule has 0 saturated carbocycles. The van der Waals surface area contributed by atoms with E-state index in [0.717, 1.165) is 18.1 Å². The number of hydrogen-bond donors (Lipinski definition) is 1. The normalized spacial score (nSPS) is 11.0. The highest BCUT2D eigenvalue weighted by Crippen LogP contribution is 2.35. The zero-order chi connectivity index (χ0) is 21.6. The molecule has 0 aromatic heterocycles. The number of carbonyl (C=O) groups excluding carboxylic acids is 1. The number of carbonyl (C=O) groups is 1. The summed E-state index contributed by atoms with van der Waals surface area (Å²) in [5, 5.41) is 12.3. The molecular formula is C21H19Br2IN2O3. The van der Waals surface area contributed by atoms with Crippen LogP contribution in [0.15, 0.2) is 38.8 Å². The third-order valence-electron chi connectivity index (χ3n) is 3.72. The number of nitriles is 1. The fourth-order valence-corrected chi connectivity index (χ4v) is 4.93. The second-order valence-corrected chi connectivity index (χ2v) is 8.79. The van der Waals surface area contributed by atoms with Gasteiger partial charge in [0.15, 0.2) is 11.5 Å². The topological polar surface area (TPSA) is 71.3 Å². The molecule has 0 aliphatic rings. The molecule has 0 saturated heterocycles. The molecule has 2 rings (SSSR count). The van der Waals surface area contributed by atoms with Gasteiger partial charge in [-0.25, -0.2) is 0 Å². The highest BCUT2D eigenvalue weighted by Gasteiger charge is 2.16. The third-order valence-corrected chi connectivity index (χ3v) is 5.77. The minimum atomic E-state index is -0.500. The Morgan fingerprint density at radius 1 is 1.17 bits per heavy atom. The summed E-state index contributed by atoms with van der Waals surface area (Å²) in [6.07, 6.45) is 1.53. The quantitative estimate of drug-likeness (QED) is 0.216. The number of nitrogens with one attached hydrogen (secondary N) is 1. The molecule has 8 heteroatoms. The Morgan fingerprint density at radius 3 is 2.34 bits per heavy atom. The number of benzene rings is 2. The molecule has 1 amide bonds. The molecule has 0 spiro atoms. The van der Waals surface area contributed by atoms with Crippen LogP contribution in [-0.4, -0.2) is 19.1 Å². The molecule has 0 aliphatic heterocycles. The van der Waals surface area contributed by atoms with Crippen LogP contribution in [0.5, 0.6) is 11.5 Å². The fourth-order valence-electron chi connectivity index (χ4n) is 2.53. The summed E-state index contributed by atoms with van der Waals surface area (Å²) in [7, 11) is 0. The Morgan fingerprint density at radius 2 is 1.79 bits per heavy atom. The molecule has 2 aromatic carbocycles. The van der Waals surface area contributed by atoms with Crippen LogP contribution in [0.25, 0.3) is 6.08 Å². The van der Waals surface area contributed by atoms with E-state index in [-0.39, 0.29) is 5.57 Å². The number of hydrogen-bond acceptors (Lipinski definition) is 4. The monoisotopic (exact) mass is 632 g/mol. The first-order valence-corrected chi connectivity index (χ1v) is 11.4. The minimum Gasteiger partial charge on any atom is -0.490 e. The van der Waals surface area contributed by atoms with Gasteiger partial charge in [0.2, 0.25) is 0 Å². The summed E-state index contributed by atoms with van der Waals surface area (Å²) in [6.45, 7) is 6.72. The largest absolute Gasteiger partial charge is 0.490 e. The Labute approximate surface area is 200 Å². The Kier molecular flexibility index (Phi) is 8.99. The standard InChI is InChI=1S/C21H19Br2IN2O3/c1-4-28-18-10-13(9-17(24)20(18)29-5-2)8-14(11-25)21(27)26-19-15(22)6-12(3)7-16(19)23/h6-10H,4-5H2,1-3H3,(H,26,27)/b14-8+. The van der Waals surface area contributed by atoms with Crippen molar-refractivity contribution in [3.8, 4) is 17.6 Å². The molecule has 0 fully saturated rings. The van der Waals surface area contributed by atoms with E-state index in [1.54, 1.807) is 6.07 Å². The number of nitrogens with zero attached hydrogens (tertiary/aromatic N) is 1. The van der Waals surface area contributed by atoms with Gasteiger partial charge in [0, 0.05) is 8.95 Å². The molecule has 29 heavy (non-hydrogen) atoms. The first-order valence-electron chi connectivity index (χ1n) is 8.78. The van der Waals surface area contributed by atoms with E-state index in [9.17, 15) is 10.1 Å². The van der Waals surface area contributed by atoms with E-state index >= 15 is 0 Å². The van der Waals surface area contributed by atoms with Gasteiger partial charge >= 0.3 is 0 Å². The van der Waals surface area contributed by atoms with E-state index in [0.29, 0.717) is 36.0 Å². The lowest BCUT2D eigenvalue weighted by Crippen LogP contribution is -2.14. The van der Waals surface area contributed by atoms with E-state index in [1.165, 1.54) is 6.08 Å². The predicted octanol–water partition coefficient (Wildman–Crippen LogP) is 6.47. The van der Waals surface area contributed by atoms with Crippen molar-refractivity contribution >= 4 is 72.1 Å². The van der Waals surface area contributed by atoms with Crippen LogP contribution >= 0.6 is 54.5 Å². The molecule has 0 bridgehead atoms. The maximum absolute atomic E-state index is 12.7. The molecule has 152 valence electrons. The molecular weight excluding hydrogens is 615 g/mol. The zero-order valence-electron chi connectivity index (χ0n) is 16.1. The highest BCUT2D eigenvalue weighted by molar-refractivity contribution is 14.1. The number of ether oxygens (including phenoxy) is 2. The third kappa shape index (κ3) is 6.20. The Balaban J connectivity index is 2.39. The highest BCUT2D eigenvalue weighted by atomic mass is 127. The molecule has 0 aliphatic carbocycles. The lowest BCUT2D eigenvalue weighted by Gasteiger charge is -2.14. The molecule has 0 unspecified atom stereocenters. The van der Waals surface area contributed by atoms with Crippen molar-refractivity contribution in [2.24, 2.45) is 0 Å². The summed E-state index contributed by atoms with van der Waals surface area (Å²) < 4.78 is 13.6. The van der Waals surface area contributed by atoms with Gasteiger partial charge in [-0.2, -0.15) is 5.26 Å². The van der Waals surface area contributed by atoms with Crippen LogP contribution in [0.3, 0.4) is 0 Å². The van der Waals surface area contributed by atoms with Crippen LogP contribution < -0.4 is 14.8 Å². The molecule has 5 nitrogen and oxygen atoms in total. The van der Waals surface area contributed by atoms with Crippen LogP contribution in [0, 0.1) is 21.8 Å². The number of amides is 1. The van der Waals surface area contributed by atoms with Crippen molar-refractivity contribution < 1.29 is 14.3 Å². The maximum Gasteiger partial charge on any atom is 0.266 e. The summed E-state index contributed by atoms with van der Waals surface area (Å²) in [6, 6.07) is 9.36. The van der Waals surface area contributed by atoms with Gasteiger partial charge in [0.1, 0.15) is 11.6 Å². The molecule has 0 heterocycles. The van der Waals surface area contributed by atoms with E-state index in [1.807, 2.05) is 45.0 Å². The van der Waals surface area contributed by atoms with Crippen molar-refractivity contribution in [2.45, 2.75) is 20.8 Å². The molecule has 0 atom stereocenters. The lowest BCUT2D eigenvalue weighted by atomic mass is 10.1. The van der Waals surface area contributed by atoms with E-state index in [2.05, 4.69) is 59.8 Å². The van der Waals surface area contributed by atoms with Gasteiger partial charge in [-0.1, -0.05) is 0 Å². The van der Waals surface area contributed by atoms with Gasteiger partial charge < -0.3 is 14.8 Å². The minimum absolute atomic E-state index is 0.0215. The summed E-state index contributed by atoms with van der Waals surface area (Å²) >= 11 is 9.04. The van der Waals surface area contributed by atoms with Gasteiger partial charge in [0.05, 0.1) is 22.5 Å². The average Bonchev–Trinajstić information content (AvgIpc) is 2.65. The van der Waals surface area contributed by atoms with Gasteiger partial charge in [-0.3, -0.25) is 4.79 Å². The van der Waals surface area contributed by atoms with Gasteiger partial charge in [0.25, 0.3) is 5.91 Å². The van der Waals surface area contributed by atoms with Crippen LogP contribution in [0.4, 0.5) is 5.69 Å². The summed E-state index contributed by atoms with van der Waals surface area (Å²) in [4.78, 5) is 12.7. The van der Waals surface area contributed by atoms with Crippen LogP contribution in [0.1, 0.15) is 25.0 Å². The van der Waals surface area contributed by atoms with Crippen molar-refractivity contribution in [1.82, 2.24) is 0 Å². The van der Waals surface area contributed by atoms with Crippen LogP contribution in [-0.2, 0) is 4.79 Å². The van der Waals surface area contributed by atoms with Gasteiger partial charge in [-0.05, 0) is 117 Å². The van der Waals surface area contributed by atoms with Crippen molar-refractivity contribution in [1.29, 1.82) is 5.26 Å². The van der Waals surface area contributed by atoms with E-state index < -0.39 is 5.91 Å². The zero-order valence-corrected chi connectivity index (χ0v) is 21.4. The van der Waals surface area contributed by atoms with E-state index in [4.69, 9.17) is 9.47 Å². The SMILES string of the molecule is CCOc1cc(/C=C(\C#N)C(=O)Nc2c(Br)cc(C)cc2Br)cc(I)c1OCC. The second-order valence-electron chi connectivity index (χ2n) is 5.92. The van der Waals surface area contributed by atoms with Crippen molar-refractivity contribution in [2.75, 3.05) is 18.5 Å². The smallest absolute Gasteiger partial charge is 0.266 e. The van der Waals surface area contributed by atoms with Crippen molar-refractivity contribution in [3.63, 3.8) is 0 Å². The molecule has 0 radical (unpaired) electrons. The van der Waals surface area contributed by atoms with Crippen LogP contribution in [0.2, 0.25) is 0 Å².